The molecule has 6 nitrogen and oxygen atoms in total. The number of quaternary nitrogens is 1. The van der Waals surface area contributed by atoms with Crippen LogP contribution in [-0.4, -0.2) is 50.9 Å². The van der Waals surface area contributed by atoms with Crippen LogP contribution >= 0.6 is 23.2 Å². The van der Waals surface area contributed by atoms with Gasteiger partial charge in [0.25, 0.3) is 5.91 Å². The number of sulfonamides is 1. The quantitative estimate of drug-likeness (QED) is 0.742. The molecule has 1 aliphatic rings. The van der Waals surface area contributed by atoms with Crippen LogP contribution in [-0.2, 0) is 14.8 Å². The van der Waals surface area contributed by atoms with Crippen molar-refractivity contribution in [2.24, 2.45) is 0 Å². The van der Waals surface area contributed by atoms with Gasteiger partial charge in [-0.3, -0.25) is 4.79 Å². The molecule has 2 aromatic rings. The van der Waals surface area contributed by atoms with Crippen LogP contribution in [0.2, 0.25) is 10.0 Å². The van der Waals surface area contributed by atoms with E-state index in [1.807, 2.05) is 6.92 Å². The lowest BCUT2D eigenvalue weighted by Gasteiger charge is -2.34. The van der Waals surface area contributed by atoms with Crippen LogP contribution in [0.4, 0.5) is 5.69 Å². The lowest BCUT2D eigenvalue weighted by molar-refractivity contribution is -0.917. The zero-order valence-electron chi connectivity index (χ0n) is 15.4. The molecule has 0 spiro atoms. The van der Waals surface area contributed by atoms with Crippen molar-refractivity contribution in [1.82, 2.24) is 4.31 Å². The number of nitrogens with zero attached hydrogens (tertiary/aromatic N) is 1. The van der Waals surface area contributed by atoms with Gasteiger partial charge >= 0.3 is 0 Å². The molecule has 0 aliphatic carbocycles. The molecule has 1 fully saturated rings. The molecule has 1 saturated heterocycles. The first kappa shape index (κ1) is 21.1. The zero-order valence-corrected chi connectivity index (χ0v) is 17.7. The predicted molar refractivity (Wildman–Crippen MR) is 110 cm³/mol. The van der Waals surface area contributed by atoms with Crippen molar-refractivity contribution in [2.75, 3.05) is 31.5 Å². The summed E-state index contributed by atoms with van der Waals surface area (Å²) in [6.07, 6.45) is 0. The van der Waals surface area contributed by atoms with Gasteiger partial charge in [-0.05, 0) is 37.3 Å². The summed E-state index contributed by atoms with van der Waals surface area (Å²) in [6, 6.07) is 13.0. The van der Waals surface area contributed by atoms with Gasteiger partial charge in [-0.25, -0.2) is 8.42 Å². The molecule has 3 rings (SSSR count). The molecule has 2 N–H and O–H groups in total. The highest BCUT2D eigenvalue weighted by Gasteiger charge is 2.34. The molecule has 0 bridgehead atoms. The first-order chi connectivity index (χ1) is 13.3. The molecule has 1 heterocycles. The van der Waals surface area contributed by atoms with Crippen LogP contribution in [0.1, 0.15) is 6.92 Å². The van der Waals surface area contributed by atoms with Crippen molar-refractivity contribution in [3.8, 4) is 0 Å². The van der Waals surface area contributed by atoms with Crippen molar-refractivity contribution in [3.63, 3.8) is 0 Å². The van der Waals surface area contributed by atoms with E-state index in [0.717, 1.165) is 4.90 Å². The number of carbonyl (C=O) groups excluding carboxylic acids is 1. The van der Waals surface area contributed by atoms with Gasteiger partial charge in [-0.1, -0.05) is 41.4 Å². The Morgan fingerprint density at radius 1 is 1.11 bits per heavy atom. The van der Waals surface area contributed by atoms with Gasteiger partial charge in [0.2, 0.25) is 10.0 Å². The zero-order chi connectivity index (χ0) is 20.3. The number of carbonyl (C=O) groups is 1. The average molecular weight is 443 g/mol. The fourth-order valence-corrected chi connectivity index (χ4v) is 5.12. The number of hydrogen-bond donors (Lipinski definition) is 2. The number of benzene rings is 2. The molecule has 0 aromatic heterocycles. The third-order valence-electron chi connectivity index (χ3n) is 4.94. The van der Waals surface area contributed by atoms with E-state index in [4.69, 9.17) is 23.2 Å². The van der Waals surface area contributed by atoms with E-state index in [1.165, 1.54) is 4.31 Å². The van der Waals surface area contributed by atoms with E-state index in [2.05, 4.69) is 5.32 Å². The van der Waals surface area contributed by atoms with Gasteiger partial charge in [0.05, 0.1) is 41.8 Å². The first-order valence-electron chi connectivity index (χ1n) is 8.95. The summed E-state index contributed by atoms with van der Waals surface area (Å²) >= 11 is 12.0. The highest BCUT2D eigenvalue weighted by atomic mass is 35.5. The topological polar surface area (TPSA) is 70.9 Å². The highest BCUT2D eigenvalue weighted by molar-refractivity contribution is 7.89. The average Bonchev–Trinajstić information content (AvgIpc) is 2.70. The maximum atomic E-state index is 12.7. The first-order valence-corrected chi connectivity index (χ1v) is 11.1. The maximum Gasteiger partial charge on any atom is 0.282 e. The summed E-state index contributed by atoms with van der Waals surface area (Å²) in [4.78, 5) is 13.9. The Labute approximate surface area is 175 Å². The molecule has 0 unspecified atom stereocenters. The van der Waals surface area contributed by atoms with E-state index in [0.29, 0.717) is 46.8 Å². The summed E-state index contributed by atoms with van der Waals surface area (Å²) in [5.74, 6) is -0.168. The van der Waals surface area contributed by atoms with Gasteiger partial charge in [-0.2, -0.15) is 4.31 Å². The number of anilines is 1. The maximum absolute atomic E-state index is 12.7. The fourth-order valence-electron chi connectivity index (χ4n) is 3.21. The van der Waals surface area contributed by atoms with Crippen LogP contribution in [0.3, 0.4) is 0 Å². The molecule has 150 valence electrons. The Morgan fingerprint density at radius 3 is 2.36 bits per heavy atom. The SMILES string of the molecule is C[C@H](C(=O)Nc1ccc(Cl)cc1Cl)[NH+]1CCN(S(=O)(=O)c2ccccc2)CC1. The number of rotatable bonds is 5. The van der Waals surface area contributed by atoms with Crippen molar-refractivity contribution >= 4 is 44.8 Å². The Balaban J connectivity index is 1.60. The second-order valence-corrected chi connectivity index (χ2v) is 9.49. The third kappa shape index (κ3) is 4.67. The van der Waals surface area contributed by atoms with Crippen molar-refractivity contribution in [1.29, 1.82) is 0 Å². The highest BCUT2D eigenvalue weighted by Crippen LogP contribution is 2.25. The molecular formula is C19H22Cl2N3O3S+. The van der Waals surface area contributed by atoms with Gasteiger partial charge < -0.3 is 10.2 Å². The Bertz CT molecular complexity index is 946. The van der Waals surface area contributed by atoms with E-state index in [9.17, 15) is 13.2 Å². The molecule has 9 heteroatoms. The second kappa shape index (κ2) is 8.80. The van der Waals surface area contributed by atoms with Crippen LogP contribution in [0.25, 0.3) is 0 Å². The molecule has 1 amide bonds. The molecular weight excluding hydrogens is 421 g/mol. The predicted octanol–water partition coefficient (Wildman–Crippen LogP) is 1.91. The number of amides is 1. The summed E-state index contributed by atoms with van der Waals surface area (Å²) in [5, 5.41) is 3.69. The molecule has 1 atom stereocenters. The van der Waals surface area contributed by atoms with Crippen molar-refractivity contribution in [2.45, 2.75) is 17.9 Å². The van der Waals surface area contributed by atoms with Gasteiger partial charge in [-0.15, -0.1) is 0 Å². The number of piperazine rings is 1. The van der Waals surface area contributed by atoms with Crippen LogP contribution in [0, 0.1) is 0 Å². The molecule has 28 heavy (non-hydrogen) atoms. The fraction of sp³-hybridized carbons (Fsp3) is 0.316. The molecule has 2 aromatic carbocycles. The lowest BCUT2D eigenvalue weighted by atomic mass is 10.2. The Hall–Kier alpha value is -1.64. The minimum Gasteiger partial charge on any atom is -0.323 e. The Morgan fingerprint density at radius 2 is 1.75 bits per heavy atom. The standard InChI is InChI=1S/C19H21Cl2N3O3S/c1-14(19(25)22-18-8-7-15(20)13-17(18)21)23-9-11-24(12-10-23)28(26,27)16-5-3-2-4-6-16/h2-8,13-14H,9-12H2,1H3,(H,22,25)/p+1/t14-/m1/s1. The minimum absolute atomic E-state index is 0.168. The van der Waals surface area contributed by atoms with Gasteiger partial charge in [0.1, 0.15) is 0 Å². The number of halogens is 2. The van der Waals surface area contributed by atoms with E-state index >= 15 is 0 Å². The number of hydrogen-bond acceptors (Lipinski definition) is 3. The summed E-state index contributed by atoms with van der Waals surface area (Å²) < 4.78 is 26.9. The second-order valence-electron chi connectivity index (χ2n) is 6.71. The van der Waals surface area contributed by atoms with E-state index in [1.54, 1.807) is 48.5 Å². The normalized spacial score (nSPS) is 17.2. The van der Waals surface area contributed by atoms with E-state index < -0.39 is 10.0 Å². The largest absolute Gasteiger partial charge is 0.323 e. The summed E-state index contributed by atoms with van der Waals surface area (Å²) in [6.45, 7) is 3.66. The molecule has 1 aliphatic heterocycles. The monoisotopic (exact) mass is 442 g/mol. The number of nitrogens with one attached hydrogen (secondary N) is 2. The molecule has 0 radical (unpaired) electrons. The molecule has 0 saturated carbocycles. The smallest absolute Gasteiger partial charge is 0.282 e. The summed E-state index contributed by atoms with van der Waals surface area (Å²) in [7, 11) is -3.50. The lowest BCUT2D eigenvalue weighted by Crippen LogP contribution is -3.19. The van der Waals surface area contributed by atoms with Gasteiger partial charge in [0, 0.05) is 5.02 Å². The van der Waals surface area contributed by atoms with Gasteiger partial charge in [0.15, 0.2) is 6.04 Å². The Kier molecular flexibility index (Phi) is 6.62. The van der Waals surface area contributed by atoms with Crippen LogP contribution in [0.5, 0.6) is 0 Å². The van der Waals surface area contributed by atoms with Crippen molar-refractivity contribution in [3.05, 3.63) is 58.6 Å². The summed E-state index contributed by atoms with van der Waals surface area (Å²) in [5.41, 5.74) is 0.507. The minimum atomic E-state index is -3.50. The van der Waals surface area contributed by atoms with Crippen LogP contribution < -0.4 is 10.2 Å². The van der Waals surface area contributed by atoms with Crippen LogP contribution in [0.15, 0.2) is 53.4 Å². The third-order valence-corrected chi connectivity index (χ3v) is 7.40. The van der Waals surface area contributed by atoms with Crippen molar-refractivity contribution < 1.29 is 18.1 Å². The van der Waals surface area contributed by atoms with E-state index in [-0.39, 0.29) is 11.9 Å².